The third kappa shape index (κ3) is 2.51. The topological polar surface area (TPSA) is 29.3 Å². The van der Waals surface area contributed by atoms with E-state index < -0.39 is 0 Å². The van der Waals surface area contributed by atoms with Crippen molar-refractivity contribution in [3.63, 3.8) is 0 Å². The van der Waals surface area contributed by atoms with E-state index in [1.54, 1.807) is 0 Å². The zero-order valence-electron chi connectivity index (χ0n) is 9.96. The number of hydrogen-bond acceptors (Lipinski definition) is 2. The van der Waals surface area contributed by atoms with Gasteiger partial charge in [0.1, 0.15) is 0 Å². The van der Waals surface area contributed by atoms with Gasteiger partial charge in [-0.25, -0.2) is 0 Å². The second-order valence-electron chi connectivity index (χ2n) is 5.35. The van der Waals surface area contributed by atoms with Gasteiger partial charge in [-0.1, -0.05) is 29.8 Å². The van der Waals surface area contributed by atoms with Crippen LogP contribution in [0, 0.1) is 5.41 Å². The fourth-order valence-corrected chi connectivity index (χ4v) is 2.55. The molecule has 16 heavy (non-hydrogen) atoms. The summed E-state index contributed by atoms with van der Waals surface area (Å²) >= 11 is 3.44. The summed E-state index contributed by atoms with van der Waals surface area (Å²) < 4.78 is 1.05. The van der Waals surface area contributed by atoms with Crippen molar-refractivity contribution < 1.29 is 0 Å². The number of nitrogens with zero attached hydrogens (tertiary/aromatic N) is 1. The Bertz CT molecular complexity index is 378. The van der Waals surface area contributed by atoms with Gasteiger partial charge in [-0.3, -0.25) is 0 Å². The smallest absolute Gasteiger partial charge is 0.0600 e. The van der Waals surface area contributed by atoms with Crippen LogP contribution in [0.4, 0.5) is 11.4 Å². The van der Waals surface area contributed by atoms with Crippen LogP contribution in [0.15, 0.2) is 22.7 Å². The molecule has 2 nitrogen and oxygen atoms in total. The van der Waals surface area contributed by atoms with Crippen molar-refractivity contribution in [3.8, 4) is 0 Å². The van der Waals surface area contributed by atoms with E-state index in [1.807, 2.05) is 6.07 Å². The first-order chi connectivity index (χ1) is 7.48. The third-order valence-electron chi connectivity index (χ3n) is 3.45. The van der Waals surface area contributed by atoms with E-state index in [2.05, 4.69) is 46.8 Å². The van der Waals surface area contributed by atoms with E-state index in [0.29, 0.717) is 5.41 Å². The van der Waals surface area contributed by atoms with Gasteiger partial charge < -0.3 is 10.6 Å². The lowest BCUT2D eigenvalue weighted by molar-refractivity contribution is 0.280. The molecular weight excluding hydrogens is 264 g/mol. The highest BCUT2D eigenvalue weighted by Crippen LogP contribution is 2.34. The van der Waals surface area contributed by atoms with Gasteiger partial charge in [-0.2, -0.15) is 0 Å². The molecule has 1 aromatic carbocycles. The number of hydrogen-bond donors (Lipinski definition) is 1. The highest BCUT2D eigenvalue weighted by Gasteiger charge is 2.26. The van der Waals surface area contributed by atoms with Gasteiger partial charge in [0.15, 0.2) is 0 Å². The van der Waals surface area contributed by atoms with Gasteiger partial charge >= 0.3 is 0 Å². The average Bonchev–Trinajstić information content (AvgIpc) is 2.19. The van der Waals surface area contributed by atoms with Gasteiger partial charge in [0.2, 0.25) is 0 Å². The number of rotatable bonds is 1. The summed E-state index contributed by atoms with van der Waals surface area (Å²) in [6, 6.07) is 6.15. The number of anilines is 2. The molecule has 1 aromatic rings. The lowest BCUT2D eigenvalue weighted by Crippen LogP contribution is -2.37. The van der Waals surface area contributed by atoms with Crippen molar-refractivity contribution in [2.75, 3.05) is 23.7 Å². The van der Waals surface area contributed by atoms with E-state index in [0.717, 1.165) is 23.2 Å². The highest BCUT2D eigenvalue weighted by atomic mass is 79.9. The van der Waals surface area contributed by atoms with Crippen molar-refractivity contribution in [1.82, 2.24) is 0 Å². The molecule has 1 saturated heterocycles. The van der Waals surface area contributed by atoms with E-state index in [4.69, 9.17) is 5.73 Å². The summed E-state index contributed by atoms with van der Waals surface area (Å²) in [6.07, 6.45) is 2.48. The van der Waals surface area contributed by atoms with Crippen LogP contribution in [0.5, 0.6) is 0 Å². The van der Waals surface area contributed by atoms with Crippen molar-refractivity contribution in [3.05, 3.63) is 22.7 Å². The van der Waals surface area contributed by atoms with Crippen LogP contribution in [-0.2, 0) is 0 Å². The van der Waals surface area contributed by atoms with Gasteiger partial charge in [-0.05, 0) is 36.5 Å². The number of benzene rings is 1. The molecule has 88 valence electrons. The Labute approximate surface area is 106 Å². The molecule has 0 atom stereocenters. The Kier molecular flexibility index (Phi) is 3.15. The molecule has 0 amide bonds. The monoisotopic (exact) mass is 282 g/mol. The van der Waals surface area contributed by atoms with E-state index >= 15 is 0 Å². The second kappa shape index (κ2) is 4.28. The molecule has 2 N–H and O–H groups in total. The fraction of sp³-hybridized carbons (Fsp3) is 0.538. The SMILES string of the molecule is CC1(C)CCN(c2ccc(Br)cc2N)CC1. The highest BCUT2D eigenvalue weighted by molar-refractivity contribution is 9.10. The maximum Gasteiger partial charge on any atom is 0.0600 e. The first-order valence-corrected chi connectivity index (χ1v) is 6.57. The summed E-state index contributed by atoms with van der Waals surface area (Å²) in [7, 11) is 0. The van der Waals surface area contributed by atoms with Crippen LogP contribution in [0.1, 0.15) is 26.7 Å². The van der Waals surface area contributed by atoms with Crippen LogP contribution < -0.4 is 10.6 Å². The molecule has 1 aliphatic rings. The standard InChI is InChI=1S/C13H19BrN2/c1-13(2)5-7-16(8-6-13)12-4-3-10(14)9-11(12)15/h3-4,9H,5-8,15H2,1-2H3. The van der Waals surface area contributed by atoms with Gasteiger partial charge in [0.25, 0.3) is 0 Å². The molecule has 1 heterocycles. The Morgan fingerprint density at radius 3 is 2.44 bits per heavy atom. The van der Waals surface area contributed by atoms with Crippen molar-refractivity contribution in [2.45, 2.75) is 26.7 Å². The maximum atomic E-state index is 6.05. The number of nitrogen functional groups attached to an aromatic ring is 1. The summed E-state index contributed by atoms with van der Waals surface area (Å²) in [5.41, 5.74) is 8.58. The molecule has 0 spiro atoms. The fourth-order valence-electron chi connectivity index (χ4n) is 2.17. The maximum absolute atomic E-state index is 6.05. The summed E-state index contributed by atoms with van der Waals surface area (Å²) in [5, 5.41) is 0. The third-order valence-corrected chi connectivity index (χ3v) is 3.94. The normalized spacial score (nSPS) is 19.8. The molecule has 0 unspecified atom stereocenters. The molecule has 1 fully saturated rings. The molecule has 3 heteroatoms. The molecule has 1 aliphatic heterocycles. The van der Waals surface area contributed by atoms with Crippen LogP contribution in [0.25, 0.3) is 0 Å². The molecular formula is C13H19BrN2. The zero-order valence-corrected chi connectivity index (χ0v) is 11.5. The van der Waals surface area contributed by atoms with Gasteiger partial charge in [-0.15, -0.1) is 0 Å². The number of halogens is 1. The Morgan fingerprint density at radius 1 is 1.25 bits per heavy atom. The quantitative estimate of drug-likeness (QED) is 0.797. The summed E-state index contributed by atoms with van der Waals surface area (Å²) in [5.74, 6) is 0. The lowest BCUT2D eigenvalue weighted by atomic mass is 9.82. The summed E-state index contributed by atoms with van der Waals surface area (Å²) in [4.78, 5) is 2.40. The first-order valence-electron chi connectivity index (χ1n) is 5.78. The molecule has 2 rings (SSSR count). The minimum atomic E-state index is 0.487. The van der Waals surface area contributed by atoms with Crippen LogP contribution in [-0.4, -0.2) is 13.1 Å². The number of piperidine rings is 1. The molecule has 0 aliphatic carbocycles. The van der Waals surface area contributed by atoms with Crippen LogP contribution >= 0.6 is 15.9 Å². The lowest BCUT2D eigenvalue weighted by Gasteiger charge is -2.38. The predicted octanol–water partition coefficient (Wildman–Crippen LogP) is 3.66. The van der Waals surface area contributed by atoms with Crippen LogP contribution in [0.3, 0.4) is 0 Å². The first kappa shape index (κ1) is 11.8. The minimum absolute atomic E-state index is 0.487. The number of nitrogens with two attached hydrogens (primary N) is 1. The average molecular weight is 283 g/mol. The Hall–Kier alpha value is -0.700. The van der Waals surface area contributed by atoms with Crippen LogP contribution in [0.2, 0.25) is 0 Å². The molecule has 0 saturated carbocycles. The van der Waals surface area contributed by atoms with E-state index in [-0.39, 0.29) is 0 Å². The predicted molar refractivity (Wildman–Crippen MR) is 73.8 cm³/mol. The molecule has 0 aromatic heterocycles. The van der Waals surface area contributed by atoms with Gasteiger partial charge in [0.05, 0.1) is 11.4 Å². The Balaban J connectivity index is 2.14. The van der Waals surface area contributed by atoms with E-state index in [1.165, 1.54) is 18.5 Å². The second-order valence-corrected chi connectivity index (χ2v) is 6.27. The largest absolute Gasteiger partial charge is 0.397 e. The van der Waals surface area contributed by atoms with Crippen molar-refractivity contribution in [1.29, 1.82) is 0 Å². The van der Waals surface area contributed by atoms with Crippen molar-refractivity contribution >= 4 is 27.3 Å². The molecule has 0 radical (unpaired) electrons. The summed E-state index contributed by atoms with van der Waals surface area (Å²) in [6.45, 7) is 6.90. The Morgan fingerprint density at radius 2 is 1.88 bits per heavy atom. The van der Waals surface area contributed by atoms with Gasteiger partial charge in [0, 0.05) is 17.6 Å². The van der Waals surface area contributed by atoms with Crippen molar-refractivity contribution in [2.24, 2.45) is 5.41 Å². The van der Waals surface area contributed by atoms with E-state index in [9.17, 15) is 0 Å². The molecule has 0 bridgehead atoms. The minimum Gasteiger partial charge on any atom is -0.397 e. The zero-order chi connectivity index (χ0) is 11.8.